The standard InChI is InChI=1S/C13H17N3O/c1-3-4-13(17)8-16(9-13)12-6-11(7-14)5-10(2)15-12/h5-6,17H,3-4,8-9H2,1-2H3. The number of hydrogen-bond acceptors (Lipinski definition) is 4. The highest BCUT2D eigenvalue weighted by Gasteiger charge is 2.40. The van der Waals surface area contributed by atoms with Crippen LogP contribution in [-0.2, 0) is 0 Å². The van der Waals surface area contributed by atoms with Crippen molar-refractivity contribution in [3.05, 3.63) is 23.4 Å². The van der Waals surface area contributed by atoms with Crippen molar-refractivity contribution in [1.82, 2.24) is 4.98 Å². The summed E-state index contributed by atoms with van der Waals surface area (Å²) < 4.78 is 0. The summed E-state index contributed by atoms with van der Waals surface area (Å²) in [5.41, 5.74) is 0.899. The Bertz CT molecular complexity index is 458. The fourth-order valence-electron chi connectivity index (χ4n) is 2.33. The molecule has 0 saturated carbocycles. The predicted molar refractivity (Wildman–Crippen MR) is 65.8 cm³/mol. The molecule has 0 aromatic carbocycles. The molecule has 1 N–H and O–H groups in total. The van der Waals surface area contributed by atoms with Crippen LogP contribution in [0.5, 0.6) is 0 Å². The molecule has 2 rings (SSSR count). The SMILES string of the molecule is CCCC1(O)CN(c2cc(C#N)cc(C)n2)C1. The van der Waals surface area contributed by atoms with Gasteiger partial charge in [0.1, 0.15) is 5.82 Å². The van der Waals surface area contributed by atoms with E-state index >= 15 is 0 Å². The Morgan fingerprint density at radius 2 is 2.24 bits per heavy atom. The summed E-state index contributed by atoms with van der Waals surface area (Å²) in [5, 5.41) is 19.0. The Labute approximate surface area is 102 Å². The summed E-state index contributed by atoms with van der Waals surface area (Å²) in [6.07, 6.45) is 1.80. The summed E-state index contributed by atoms with van der Waals surface area (Å²) in [5.74, 6) is 0.794. The van der Waals surface area contributed by atoms with Crippen LogP contribution in [0, 0.1) is 18.3 Å². The molecule has 1 aromatic rings. The third-order valence-electron chi connectivity index (χ3n) is 3.08. The van der Waals surface area contributed by atoms with E-state index in [0.717, 1.165) is 24.4 Å². The van der Waals surface area contributed by atoms with Crippen molar-refractivity contribution in [2.75, 3.05) is 18.0 Å². The zero-order valence-corrected chi connectivity index (χ0v) is 10.3. The van der Waals surface area contributed by atoms with Gasteiger partial charge in [-0.1, -0.05) is 13.3 Å². The van der Waals surface area contributed by atoms with Gasteiger partial charge in [-0.15, -0.1) is 0 Å². The van der Waals surface area contributed by atoms with Gasteiger partial charge in [-0.05, 0) is 25.5 Å². The topological polar surface area (TPSA) is 60.1 Å². The third-order valence-corrected chi connectivity index (χ3v) is 3.08. The Kier molecular flexibility index (Phi) is 3.03. The molecule has 1 aliphatic heterocycles. The van der Waals surface area contributed by atoms with Crippen LogP contribution in [0.2, 0.25) is 0 Å². The number of nitriles is 1. The molecule has 17 heavy (non-hydrogen) atoms. The summed E-state index contributed by atoms with van der Waals surface area (Å²) in [4.78, 5) is 6.41. The summed E-state index contributed by atoms with van der Waals surface area (Å²) in [6, 6.07) is 5.67. The van der Waals surface area contributed by atoms with Crippen LogP contribution in [0.3, 0.4) is 0 Å². The molecule has 4 nitrogen and oxygen atoms in total. The highest BCUT2D eigenvalue weighted by molar-refractivity contribution is 5.49. The first-order chi connectivity index (χ1) is 8.06. The minimum atomic E-state index is -0.563. The quantitative estimate of drug-likeness (QED) is 0.858. The Hall–Kier alpha value is -1.60. The Morgan fingerprint density at radius 1 is 1.53 bits per heavy atom. The van der Waals surface area contributed by atoms with Crippen LogP contribution in [-0.4, -0.2) is 28.8 Å². The molecular formula is C13H17N3O. The lowest BCUT2D eigenvalue weighted by Gasteiger charge is -2.47. The number of aliphatic hydroxyl groups is 1. The first-order valence-corrected chi connectivity index (χ1v) is 5.92. The summed E-state index contributed by atoms with van der Waals surface area (Å²) in [6.45, 7) is 5.17. The van der Waals surface area contributed by atoms with Crippen LogP contribution < -0.4 is 4.90 Å². The van der Waals surface area contributed by atoms with Crippen molar-refractivity contribution in [2.24, 2.45) is 0 Å². The molecule has 0 spiro atoms. The number of pyridine rings is 1. The number of nitrogens with zero attached hydrogens (tertiary/aromatic N) is 3. The first kappa shape index (κ1) is 11.9. The molecule has 1 saturated heterocycles. The smallest absolute Gasteiger partial charge is 0.130 e. The minimum Gasteiger partial charge on any atom is -0.386 e. The lowest BCUT2D eigenvalue weighted by Crippen LogP contribution is -2.62. The second-order valence-electron chi connectivity index (χ2n) is 4.80. The van der Waals surface area contributed by atoms with Crippen molar-refractivity contribution in [3.8, 4) is 6.07 Å². The normalized spacial score (nSPS) is 17.4. The van der Waals surface area contributed by atoms with Crippen molar-refractivity contribution < 1.29 is 5.11 Å². The number of hydrogen-bond donors (Lipinski definition) is 1. The molecule has 90 valence electrons. The largest absolute Gasteiger partial charge is 0.386 e. The van der Waals surface area contributed by atoms with Gasteiger partial charge in [0.2, 0.25) is 0 Å². The van der Waals surface area contributed by atoms with Crippen LogP contribution in [0.15, 0.2) is 12.1 Å². The predicted octanol–water partition coefficient (Wildman–Crippen LogP) is 1.61. The molecule has 1 aromatic heterocycles. The van der Waals surface area contributed by atoms with Crippen LogP contribution in [0.25, 0.3) is 0 Å². The van der Waals surface area contributed by atoms with E-state index in [-0.39, 0.29) is 0 Å². The van der Waals surface area contributed by atoms with Gasteiger partial charge in [0.05, 0.1) is 17.2 Å². The zero-order valence-electron chi connectivity index (χ0n) is 10.3. The van der Waals surface area contributed by atoms with Gasteiger partial charge in [-0.3, -0.25) is 0 Å². The number of rotatable bonds is 3. The second-order valence-corrected chi connectivity index (χ2v) is 4.80. The average Bonchev–Trinajstić information content (AvgIpc) is 2.25. The summed E-state index contributed by atoms with van der Waals surface area (Å²) in [7, 11) is 0. The fourth-order valence-corrected chi connectivity index (χ4v) is 2.33. The van der Waals surface area contributed by atoms with Gasteiger partial charge in [0.25, 0.3) is 0 Å². The average molecular weight is 231 g/mol. The van der Waals surface area contributed by atoms with E-state index in [1.165, 1.54) is 0 Å². The van der Waals surface area contributed by atoms with E-state index in [1.807, 2.05) is 11.8 Å². The van der Waals surface area contributed by atoms with E-state index in [4.69, 9.17) is 5.26 Å². The molecule has 0 amide bonds. The molecule has 0 bridgehead atoms. The number of aromatic nitrogens is 1. The minimum absolute atomic E-state index is 0.563. The fraction of sp³-hybridized carbons (Fsp3) is 0.538. The van der Waals surface area contributed by atoms with Crippen molar-refractivity contribution in [2.45, 2.75) is 32.3 Å². The maximum Gasteiger partial charge on any atom is 0.130 e. The highest BCUT2D eigenvalue weighted by Crippen LogP contribution is 2.30. The number of anilines is 1. The van der Waals surface area contributed by atoms with Crippen LogP contribution in [0.1, 0.15) is 31.0 Å². The van der Waals surface area contributed by atoms with E-state index in [0.29, 0.717) is 18.7 Å². The van der Waals surface area contributed by atoms with E-state index in [1.54, 1.807) is 12.1 Å². The first-order valence-electron chi connectivity index (χ1n) is 5.92. The molecule has 1 fully saturated rings. The van der Waals surface area contributed by atoms with Gasteiger partial charge in [0.15, 0.2) is 0 Å². The van der Waals surface area contributed by atoms with Crippen LogP contribution in [0.4, 0.5) is 5.82 Å². The molecule has 0 radical (unpaired) electrons. The summed E-state index contributed by atoms with van der Waals surface area (Å²) >= 11 is 0. The molecule has 0 aliphatic carbocycles. The number of aryl methyl sites for hydroxylation is 1. The van der Waals surface area contributed by atoms with Crippen molar-refractivity contribution >= 4 is 5.82 Å². The molecule has 0 unspecified atom stereocenters. The highest BCUT2D eigenvalue weighted by atomic mass is 16.3. The lowest BCUT2D eigenvalue weighted by atomic mass is 9.89. The zero-order chi connectivity index (χ0) is 12.5. The molecule has 0 atom stereocenters. The second kappa shape index (κ2) is 4.34. The monoisotopic (exact) mass is 231 g/mol. The Balaban J connectivity index is 2.11. The molecular weight excluding hydrogens is 214 g/mol. The lowest BCUT2D eigenvalue weighted by molar-refractivity contribution is 0.00293. The van der Waals surface area contributed by atoms with Crippen molar-refractivity contribution in [3.63, 3.8) is 0 Å². The number of β-amino-alcohol motifs (C(OH)–C–C–N with tert-alkyl or cyclic N) is 1. The third kappa shape index (κ3) is 2.40. The van der Waals surface area contributed by atoms with Gasteiger partial charge in [-0.2, -0.15) is 5.26 Å². The van der Waals surface area contributed by atoms with Crippen LogP contribution >= 0.6 is 0 Å². The van der Waals surface area contributed by atoms with Gasteiger partial charge in [-0.25, -0.2) is 4.98 Å². The molecule has 1 aliphatic rings. The Morgan fingerprint density at radius 3 is 2.82 bits per heavy atom. The van der Waals surface area contributed by atoms with Gasteiger partial charge in [0, 0.05) is 18.8 Å². The van der Waals surface area contributed by atoms with Crippen molar-refractivity contribution in [1.29, 1.82) is 5.26 Å². The van der Waals surface area contributed by atoms with E-state index in [9.17, 15) is 5.11 Å². The molecule has 2 heterocycles. The van der Waals surface area contributed by atoms with E-state index < -0.39 is 5.60 Å². The molecule has 4 heteroatoms. The van der Waals surface area contributed by atoms with Gasteiger partial charge >= 0.3 is 0 Å². The maximum absolute atomic E-state index is 10.1. The van der Waals surface area contributed by atoms with Gasteiger partial charge < -0.3 is 10.0 Å². The maximum atomic E-state index is 10.1. The van der Waals surface area contributed by atoms with E-state index in [2.05, 4.69) is 18.0 Å².